The van der Waals surface area contributed by atoms with Gasteiger partial charge in [0.1, 0.15) is 15.8 Å². The maximum atomic E-state index is 12.5. The minimum atomic E-state index is -3.82. The standard InChI is InChI=1S/C15H19Cl2N3O3S/c1-3-20(4-2)12(13-6-5-7-23-13)9-19-24(21,22)14-10-18-15(17)8-11(14)16/h5-8,10,12,19H,3-4,9H2,1-2H3/t12-/m1/s1. The van der Waals surface area contributed by atoms with Crippen LogP contribution in [0.4, 0.5) is 0 Å². The van der Waals surface area contributed by atoms with Crippen LogP contribution in [0.25, 0.3) is 0 Å². The highest BCUT2D eigenvalue weighted by Gasteiger charge is 2.25. The van der Waals surface area contributed by atoms with Gasteiger partial charge in [-0.2, -0.15) is 0 Å². The van der Waals surface area contributed by atoms with Gasteiger partial charge in [0.15, 0.2) is 0 Å². The third-order valence-electron chi connectivity index (χ3n) is 3.67. The summed E-state index contributed by atoms with van der Waals surface area (Å²) in [4.78, 5) is 5.78. The van der Waals surface area contributed by atoms with Crippen molar-refractivity contribution in [3.8, 4) is 0 Å². The van der Waals surface area contributed by atoms with Gasteiger partial charge in [-0.1, -0.05) is 37.0 Å². The van der Waals surface area contributed by atoms with Crippen molar-refractivity contribution < 1.29 is 12.8 Å². The van der Waals surface area contributed by atoms with E-state index in [1.807, 2.05) is 19.9 Å². The predicted molar refractivity (Wildman–Crippen MR) is 93.8 cm³/mol. The number of hydrogen-bond acceptors (Lipinski definition) is 5. The number of nitrogens with one attached hydrogen (secondary N) is 1. The fourth-order valence-corrected chi connectivity index (χ4v) is 4.12. The summed E-state index contributed by atoms with van der Waals surface area (Å²) in [5.41, 5.74) is 0. The van der Waals surface area contributed by atoms with E-state index in [-0.39, 0.29) is 27.7 Å². The minimum absolute atomic E-state index is 0.0277. The molecule has 2 aromatic heterocycles. The number of furan rings is 1. The van der Waals surface area contributed by atoms with E-state index in [2.05, 4.69) is 14.6 Å². The number of sulfonamides is 1. The van der Waals surface area contributed by atoms with Gasteiger partial charge in [0.05, 0.1) is 23.5 Å². The van der Waals surface area contributed by atoms with Gasteiger partial charge in [-0.25, -0.2) is 18.1 Å². The zero-order chi connectivity index (χ0) is 17.7. The summed E-state index contributed by atoms with van der Waals surface area (Å²) in [6.45, 7) is 5.68. The zero-order valence-corrected chi connectivity index (χ0v) is 15.7. The van der Waals surface area contributed by atoms with Gasteiger partial charge >= 0.3 is 0 Å². The van der Waals surface area contributed by atoms with E-state index in [9.17, 15) is 8.42 Å². The lowest BCUT2D eigenvalue weighted by Gasteiger charge is -2.28. The largest absolute Gasteiger partial charge is 0.468 e. The van der Waals surface area contributed by atoms with E-state index in [0.29, 0.717) is 5.76 Å². The number of rotatable bonds is 8. The first-order valence-electron chi connectivity index (χ1n) is 7.47. The van der Waals surface area contributed by atoms with E-state index in [1.165, 1.54) is 6.07 Å². The summed E-state index contributed by atoms with van der Waals surface area (Å²) < 4.78 is 33.1. The van der Waals surface area contributed by atoms with Gasteiger partial charge in [-0.15, -0.1) is 0 Å². The average molecular weight is 392 g/mol. The monoisotopic (exact) mass is 391 g/mol. The summed E-state index contributed by atoms with van der Waals surface area (Å²) in [5, 5.41) is 0.162. The second-order valence-electron chi connectivity index (χ2n) is 5.04. The summed E-state index contributed by atoms with van der Waals surface area (Å²) in [6.07, 6.45) is 2.71. The second-order valence-corrected chi connectivity index (χ2v) is 7.57. The van der Waals surface area contributed by atoms with Crippen LogP contribution in [-0.4, -0.2) is 37.9 Å². The van der Waals surface area contributed by atoms with E-state index in [4.69, 9.17) is 27.6 Å². The molecule has 0 aliphatic carbocycles. The van der Waals surface area contributed by atoms with Crippen molar-refractivity contribution in [2.45, 2.75) is 24.8 Å². The van der Waals surface area contributed by atoms with Crippen LogP contribution < -0.4 is 4.72 Å². The fraction of sp³-hybridized carbons (Fsp3) is 0.400. The van der Waals surface area contributed by atoms with Crippen molar-refractivity contribution in [3.05, 3.63) is 46.6 Å². The molecule has 1 atom stereocenters. The number of nitrogens with zero attached hydrogens (tertiary/aromatic N) is 2. The molecule has 9 heteroatoms. The average Bonchev–Trinajstić information content (AvgIpc) is 3.05. The second kappa shape index (κ2) is 8.31. The quantitative estimate of drug-likeness (QED) is 0.698. The molecule has 0 radical (unpaired) electrons. The molecule has 0 amide bonds. The Kier molecular flexibility index (Phi) is 6.65. The van der Waals surface area contributed by atoms with Crippen molar-refractivity contribution in [2.75, 3.05) is 19.6 Å². The molecule has 0 aliphatic heterocycles. The van der Waals surface area contributed by atoms with Gasteiger partial charge < -0.3 is 4.42 Å². The smallest absolute Gasteiger partial charge is 0.243 e. The molecule has 2 heterocycles. The van der Waals surface area contributed by atoms with Crippen LogP contribution in [-0.2, 0) is 10.0 Å². The number of aromatic nitrogens is 1. The third kappa shape index (κ3) is 4.49. The molecule has 0 saturated heterocycles. The van der Waals surface area contributed by atoms with Crippen molar-refractivity contribution >= 4 is 33.2 Å². The minimum Gasteiger partial charge on any atom is -0.468 e. The molecule has 0 unspecified atom stereocenters. The summed E-state index contributed by atoms with van der Waals surface area (Å²) in [5.74, 6) is 0.696. The van der Waals surface area contributed by atoms with Crippen LogP contribution in [0, 0.1) is 0 Å². The number of pyridine rings is 1. The van der Waals surface area contributed by atoms with Crippen LogP contribution in [0.15, 0.2) is 40.0 Å². The van der Waals surface area contributed by atoms with Crippen molar-refractivity contribution in [1.82, 2.24) is 14.6 Å². The molecule has 0 spiro atoms. The van der Waals surface area contributed by atoms with Crippen LogP contribution >= 0.6 is 23.2 Å². The zero-order valence-electron chi connectivity index (χ0n) is 13.4. The van der Waals surface area contributed by atoms with Gasteiger partial charge in [0.2, 0.25) is 10.0 Å². The van der Waals surface area contributed by atoms with E-state index in [1.54, 1.807) is 12.3 Å². The van der Waals surface area contributed by atoms with Crippen molar-refractivity contribution in [1.29, 1.82) is 0 Å². The highest BCUT2D eigenvalue weighted by Crippen LogP contribution is 2.24. The first kappa shape index (κ1) is 19.2. The van der Waals surface area contributed by atoms with Gasteiger partial charge in [-0.3, -0.25) is 4.90 Å². The molecule has 6 nitrogen and oxygen atoms in total. The fourth-order valence-electron chi connectivity index (χ4n) is 2.41. The number of likely N-dealkylation sites (N-methyl/N-ethyl adjacent to an activating group) is 1. The molecule has 1 N–H and O–H groups in total. The number of halogens is 2. The highest BCUT2D eigenvalue weighted by molar-refractivity contribution is 7.89. The Morgan fingerprint density at radius 1 is 1.33 bits per heavy atom. The molecular weight excluding hydrogens is 373 g/mol. The van der Waals surface area contributed by atoms with Gasteiger partial charge in [-0.05, 0) is 31.3 Å². The molecule has 24 heavy (non-hydrogen) atoms. The normalized spacial score (nSPS) is 13.4. The molecule has 0 bridgehead atoms. The predicted octanol–water partition coefficient (Wildman–Crippen LogP) is 3.34. The van der Waals surface area contributed by atoms with Crippen LogP contribution in [0.5, 0.6) is 0 Å². The van der Waals surface area contributed by atoms with E-state index >= 15 is 0 Å². The van der Waals surface area contributed by atoms with Crippen molar-refractivity contribution in [3.63, 3.8) is 0 Å². The van der Waals surface area contributed by atoms with E-state index in [0.717, 1.165) is 19.3 Å². The Morgan fingerprint density at radius 3 is 2.58 bits per heavy atom. The molecule has 2 aromatic rings. The lowest BCUT2D eigenvalue weighted by molar-refractivity contribution is 0.194. The van der Waals surface area contributed by atoms with E-state index < -0.39 is 10.0 Å². The molecule has 2 rings (SSSR count). The molecule has 0 fully saturated rings. The van der Waals surface area contributed by atoms with Gasteiger partial charge in [0.25, 0.3) is 0 Å². The Balaban J connectivity index is 2.21. The maximum Gasteiger partial charge on any atom is 0.243 e. The third-order valence-corrected chi connectivity index (χ3v) is 5.75. The van der Waals surface area contributed by atoms with Crippen molar-refractivity contribution in [2.24, 2.45) is 0 Å². The van der Waals surface area contributed by atoms with Crippen LogP contribution in [0.1, 0.15) is 25.6 Å². The lowest BCUT2D eigenvalue weighted by Crippen LogP contribution is -2.38. The summed E-state index contributed by atoms with van der Waals surface area (Å²) >= 11 is 11.7. The maximum absolute atomic E-state index is 12.5. The highest BCUT2D eigenvalue weighted by atomic mass is 35.5. The Hall–Kier alpha value is -1.12. The molecule has 0 aromatic carbocycles. The molecular formula is C15H19Cl2N3O3S. The SMILES string of the molecule is CCN(CC)[C@H](CNS(=O)(=O)c1cnc(Cl)cc1Cl)c1ccco1. The summed E-state index contributed by atoms with van der Waals surface area (Å²) in [7, 11) is -3.82. The first-order chi connectivity index (χ1) is 11.4. The van der Waals surface area contributed by atoms with Gasteiger partial charge in [0, 0.05) is 6.54 Å². The molecule has 0 saturated carbocycles. The molecule has 132 valence electrons. The first-order valence-corrected chi connectivity index (χ1v) is 9.71. The Bertz CT molecular complexity index is 762. The summed E-state index contributed by atoms with van der Waals surface area (Å²) in [6, 6.07) is 4.68. The Morgan fingerprint density at radius 2 is 2.04 bits per heavy atom. The van der Waals surface area contributed by atoms with Crippen LogP contribution in [0.2, 0.25) is 10.2 Å². The van der Waals surface area contributed by atoms with Crippen LogP contribution in [0.3, 0.4) is 0 Å². The Labute approximate surface area is 151 Å². The topological polar surface area (TPSA) is 75.4 Å². The lowest BCUT2D eigenvalue weighted by atomic mass is 10.2. The molecule has 0 aliphatic rings. The number of hydrogen-bond donors (Lipinski definition) is 1.